The van der Waals surface area contributed by atoms with Gasteiger partial charge in [-0.25, -0.2) is 4.79 Å². The molecule has 0 spiro atoms. The van der Waals surface area contributed by atoms with Gasteiger partial charge in [-0.15, -0.1) is 12.4 Å². The highest BCUT2D eigenvalue weighted by Crippen LogP contribution is 2.12. The van der Waals surface area contributed by atoms with Gasteiger partial charge in [0.25, 0.3) is 0 Å². The third kappa shape index (κ3) is 4.71. The smallest absolute Gasteiger partial charge is 0.410 e. The Bertz CT molecular complexity index is 216. The highest BCUT2D eigenvalue weighted by atomic mass is 35.5. The van der Waals surface area contributed by atoms with Crippen LogP contribution in [0.15, 0.2) is 0 Å². The number of hydrogen-bond acceptors (Lipinski definition) is 3. The van der Waals surface area contributed by atoms with Crippen molar-refractivity contribution in [3.63, 3.8) is 0 Å². The maximum Gasteiger partial charge on any atom is 0.410 e. The normalized spacial score (nSPS) is 21.9. The summed E-state index contributed by atoms with van der Waals surface area (Å²) >= 11 is 0. The SMILES string of the molecule is C[C@@H]1CNCCN1C(=O)OC(C)(C)C.Cl. The molecule has 1 atom stereocenters. The lowest BCUT2D eigenvalue weighted by molar-refractivity contribution is 0.0141. The highest BCUT2D eigenvalue weighted by molar-refractivity contribution is 5.85. The van der Waals surface area contributed by atoms with Crippen LogP contribution in [0.3, 0.4) is 0 Å². The molecule has 0 aromatic rings. The fraction of sp³-hybridized carbons (Fsp3) is 0.900. The minimum atomic E-state index is -0.401. The molecule has 0 bridgehead atoms. The van der Waals surface area contributed by atoms with Crippen molar-refractivity contribution in [3.8, 4) is 0 Å². The Morgan fingerprint density at radius 1 is 1.47 bits per heavy atom. The van der Waals surface area contributed by atoms with E-state index < -0.39 is 5.60 Å². The zero-order valence-electron chi connectivity index (χ0n) is 9.87. The highest BCUT2D eigenvalue weighted by Gasteiger charge is 2.27. The molecule has 0 aliphatic carbocycles. The summed E-state index contributed by atoms with van der Waals surface area (Å²) in [5.74, 6) is 0. The monoisotopic (exact) mass is 236 g/mol. The van der Waals surface area contributed by atoms with Crippen molar-refractivity contribution < 1.29 is 9.53 Å². The number of carbonyl (C=O) groups is 1. The lowest BCUT2D eigenvalue weighted by Gasteiger charge is -2.35. The number of nitrogens with zero attached hydrogens (tertiary/aromatic N) is 1. The van der Waals surface area contributed by atoms with Crippen molar-refractivity contribution in [2.24, 2.45) is 0 Å². The van der Waals surface area contributed by atoms with Crippen molar-refractivity contribution in [3.05, 3.63) is 0 Å². The first-order valence-electron chi connectivity index (χ1n) is 5.10. The Balaban J connectivity index is 0.00000196. The van der Waals surface area contributed by atoms with Crippen LogP contribution in [-0.4, -0.2) is 42.3 Å². The van der Waals surface area contributed by atoms with Crippen molar-refractivity contribution >= 4 is 18.5 Å². The Labute approximate surface area is 97.8 Å². The third-order valence-corrected chi connectivity index (χ3v) is 2.13. The molecule has 1 aliphatic heterocycles. The molecule has 1 aliphatic rings. The van der Waals surface area contributed by atoms with Gasteiger partial charge in [-0.3, -0.25) is 0 Å². The van der Waals surface area contributed by atoms with Crippen LogP contribution < -0.4 is 5.32 Å². The maximum absolute atomic E-state index is 11.7. The average Bonchev–Trinajstić information content (AvgIpc) is 2.01. The molecule has 1 rings (SSSR count). The third-order valence-electron chi connectivity index (χ3n) is 2.13. The molecule has 4 nitrogen and oxygen atoms in total. The summed E-state index contributed by atoms with van der Waals surface area (Å²) in [6.07, 6.45) is -0.202. The predicted octanol–water partition coefficient (Wildman–Crippen LogP) is 1.64. The Morgan fingerprint density at radius 3 is 2.53 bits per heavy atom. The van der Waals surface area contributed by atoms with Crippen LogP contribution in [0, 0.1) is 0 Å². The van der Waals surface area contributed by atoms with E-state index in [1.807, 2.05) is 27.7 Å². The van der Waals surface area contributed by atoms with E-state index in [1.54, 1.807) is 4.90 Å². The van der Waals surface area contributed by atoms with Gasteiger partial charge in [0, 0.05) is 25.7 Å². The number of amides is 1. The lowest BCUT2D eigenvalue weighted by atomic mass is 10.2. The largest absolute Gasteiger partial charge is 0.444 e. The summed E-state index contributed by atoms with van der Waals surface area (Å²) in [5.41, 5.74) is -0.401. The second-order valence-electron chi connectivity index (χ2n) is 4.73. The van der Waals surface area contributed by atoms with Crippen molar-refractivity contribution in [2.75, 3.05) is 19.6 Å². The molecule has 1 heterocycles. The topological polar surface area (TPSA) is 41.6 Å². The van der Waals surface area contributed by atoms with Gasteiger partial charge < -0.3 is 15.0 Å². The fourth-order valence-corrected chi connectivity index (χ4v) is 1.43. The molecule has 90 valence electrons. The fourth-order valence-electron chi connectivity index (χ4n) is 1.43. The number of nitrogens with one attached hydrogen (secondary N) is 1. The van der Waals surface area contributed by atoms with E-state index in [1.165, 1.54) is 0 Å². The summed E-state index contributed by atoms with van der Waals surface area (Å²) in [5, 5.41) is 3.23. The number of ether oxygens (including phenoxy) is 1. The molecule has 0 aromatic carbocycles. The zero-order chi connectivity index (χ0) is 10.8. The second-order valence-corrected chi connectivity index (χ2v) is 4.73. The van der Waals surface area contributed by atoms with Crippen LogP contribution in [0.2, 0.25) is 0 Å². The molecular weight excluding hydrogens is 216 g/mol. The van der Waals surface area contributed by atoms with Gasteiger partial charge in [-0.2, -0.15) is 0 Å². The van der Waals surface area contributed by atoms with E-state index in [9.17, 15) is 4.79 Å². The minimum absolute atomic E-state index is 0. The number of rotatable bonds is 0. The first-order chi connectivity index (χ1) is 6.40. The summed E-state index contributed by atoms with van der Waals surface area (Å²) in [6.45, 7) is 10.1. The van der Waals surface area contributed by atoms with Crippen LogP contribution in [0.25, 0.3) is 0 Å². The number of carbonyl (C=O) groups excluding carboxylic acids is 1. The van der Waals surface area contributed by atoms with Crippen molar-refractivity contribution in [1.82, 2.24) is 10.2 Å². The standard InChI is InChI=1S/C10H20N2O2.ClH/c1-8-7-11-5-6-12(8)9(13)14-10(2,3)4;/h8,11H,5-7H2,1-4H3;1H/t8-;/m1./s1. The van der Waals surface area contributed by atoms with E-state index in [2.05, 4.69) is 5.32 Å². The van der Waals surface area contributed by atoms with E-state index >= 15 is 0 Å². The first kappa shape index (κ1) is 14.5. The van der Waals surface area contributed by atoms with Crippen LogP contribution in [0.4, 0.5) is 4.79 Å². The number of piperazine rings is 1. The van der Waals surface area contributed by atoms with E-state index in [-0.39, 0.29) is 24.5 Å². The van der Waals surface area contributed by atoms with Crippen molar-refractivity contribution in [1.29, 1.82) is 0 Å². The molecule has 15 heavy (non-hydrogen) atoms. The Hall–Kier alpha value is -0.480. The molecule has 5 heteroatoms. The van der Waals surface area contributed by atoms with Gasteiger partial charge in [0.1, 0.15) is 5.60 Å². The van der Waals surface area contributed by atoms with Crippen LogP contribution in [0.1, 0.15) is 27.7 Å². The van der Waals surface area contributed by atoms with E-state index in [4.69, 9.17) is 4.74 Å². The van der Waals surface area contributed by atoms with Gasteiger partial charge in [-0.1, -0.05) is 0 Å². The number of halogens is 1. The van der Waals surface area contributed by atoms with Crippen LogP contribution in [0.5, 0.6) is 0 Å². The lowest BCUT2D eigenvalue weighted by Crippen LogP contribution is -2.53. The van der Waals surface area contributed by atoms with Gasteiger partial charge in [0.15, 0.2) is 0 Å². The van der Waals surface area contributed by atoms with Crippen LogP contribution in [-0.2, 0) is 4.74 Å². The van der Waals surface area contributed by atoms with Gasteiger partial charge in [-0.05, 0) is 27.7 Å². The first-order valence-corrected chi connectivity index (χ1v) is 5.10. The average molecular weight is 237 g/mol. The molecule has 1 fully saturated rings. The Kier molecular flexibility index (Phi) is 5.38. The van der Waals surface area contributed by atoms with E-state index in [0.29, 0.717) is 0 Å². The molecule has 0 aromatic heterocycles. The molecule has 1 amide bonds. The molecular formula is C10H21ClN2O2. The van der Waals surface area contributed by atoms with Crippen LogP contribution >= 0.6 is 12.4 Å². The quantitative estimate of drug-likeness (QED) is 0.695. The summed E-state index contributed by atoms with van der Waals surface area (Å²) < 4.78 is 5.31. The molecule has 1 saturated heterocycles. The van der Waals surface area contributed by atoms with Gasteiger partial charge >= 0.3 is 6.09 Å². The zero-order valence-corrected chi connectivity index (χ0v) is 10.7. The van der Waals surface area contributed by atoms with Crippen molar-refractivity contribution in [2.45, 2.75) is 39.3 Å². The Morgan fingerprint density at radius 2 is 2.07 bits per heavy atom. The second kappa shape index (κ2) is 5.56. The summed E-state index contributed by atoms with van der Waals surface area (Å²) in [6, 6.07) is 0.221. The predicted molar refractivity (Wildman–Crippen MR) is 62.5 cm³/mol. The van der Waals surface area contributed by atoms with Gasteiger partial charge in [0.05, 0.1) is 0 Å². The van der Waals surface area contributed by atoms with Gasteiger partial charge in [0.2, 0.25) is 0 Å². The maximum atomic E-state index is 11.7. The molecule has 0 radical (unpaired) electrons. The number of hydrogen-bond donors (Lipinski definition) is 1. The molecule has 0 unspecified atom stereocenters. The minimum Gasteiger partial charge on any atom is -0.444 e. The molecule has 0 saturated carbocycles. The van der Waals surface area contributed by atoms with E-state index in [0.717, 1.165) is 19.6 Å². The summed E-state index contributed by atoms with van der Waals surface area (Å²) in [4.78, 5) is 13.5. The summed E-state index contributed by atoms with van der Waals surface area (Å²) in [7, 11) is 0. The molecule has 1 N–H and O–H groups in total.